The number of rotatable bonds is 6. The van der Waals surface area contributed by atoms with Crippen molar-refractivity contribution in [2.75, 3.05) is 46.3 Å². The van der Waals surface area contributed by atoms with E-state index in [0.29, 0.717) is 25.6 Å². The summed E-state index contributed by atoms with van der Waals surface area (Å²) in [4.78, 5) is 30.9. The van der Waals surface area contributed by atoms with Crippen LogP contribution in [-0.2, 0) is 4.79 Å². The number of carbonyl (C=O) groups excluding carboxylic acids is 2. The average molecular weight is 336 g/mol. The minimum atomic E-state index is -0.0380. The first-order chi connectivity index (χ1) is 11.6. The van der Waals surface area contributed by atoms with Crippen molar-refractivity contribution in [2.24, 2.45) is 5.92 Å². The van der Waals surface area contributed by atoms with Crippen molar-refractivity contribution < 1.29 is 9.59 Å². The van der Waals surface area contributed by atoms with Crippen molar-refractivity contribution in [1.29, 1.82) is 0 Å². The van der Waals surface area contributed by atoms with E-state index in [4.69, 9.17) is 0 Å². The third-order valence-corrected chi connectivity index (χ3v) is 5.34. The maximum Gasteiger partial charge on any atom is 0.317 e. The average Bonchev–Trinajstić information content (AvgIpc) is 3.13. The lowest BCUT2D eigenvalue weighted by Crippen LogP contribution is -2.59. The molecule has 24 heavy (non-hydrogen) atoms. The molecule has 1 saturated carbocycles. The highest BCUT2D eigenvalue weighted by molar-refractivity contribution is 5.82. The highest BCUT2D eigenvalue weighted by Gasteiger charge is 2.38. The van der Waals surface area contributed by atoms with Crippen LogP contribution in [0.3, 0.4) is 0 Å². The molecule has 1 aliphatic heterocycles. The van der Waals surface area contributed by atoms with Gasteiger partial charge in [-0.25, -0.2) is 4.79 Å². The van der Waals surface area contributed by atoms with E-state index < -0.39 is 0 Å². The molecule has 3 amide bonds. The molecule has 1 saturated heterocycles. The van der Waals surface area contributed by atoms with Gasteiger partial charge in [-0.3, -0.25) is 9.69 Å². The molecule has 0 aromatic rings. The minimum absolute atomic E-state index is 0.0177. The van der Waals surface area contributed by atoms with Crippen LogP contribution in [-0.4, -0.2) is 79.0 Å². The van der Waals surface area contributed by atoms with Gasteiger partial charge < -0.3 is 15.1 Å². The van der Waals surface area contributed by atoms with E-state index in [2.05, 4.69) is 16.8 Å². The second-order valence-electron chi connectivity index (χ2n) is 6.84. The molecule has 1 aliphatic carbocycles. The topological polar surface area (TPSA) is 55.9 Å². The van der Waals surface area contributed by atoms with Gasteiger partial charge in [0.1, 0.15) is 0 Å². The predicted octanol–water partition coefficient (Wildman–Crippen LogP) is 1.54. The summed E-state index contributed by atoms with van der Waals surface area (Å²) < 4.78 is 0. The molecule has 2 rings (SSSR count). The number of likely N-dealkylation sites (N-methyl/N-ethyl adjacent to an activating group) is 1. The monoisotopic (exact) mass is 336 g/mol. The van der Waals surface area contributed by atoms with Crippen LogP contribution in [0.4, 0.5) is 4.79 Å². The van der Waals surface area contributed by atoms with E-state index in [-0.39, 0.29) is 18.0 Å². The Morgan fingerprint density at radius 1 is 1.25 bits per heavy atom. The van der Waals surface area contributed by atoms with Gasteiger partial charge in [-0.15, -0.1) is 6.58 Å². The van der Waals surface area contributed by atoms with Crippen molar-refractivity contribution >= 4 is 11.9 Å². The molecule has 0 radical (unpaired) electrons. The zero-order valence-electron chi connectivity index (χ0n) is 15.2. The number of hydrogen-bond donors (Lipinski definition) is 1. The molecule has 136 valence electrons. The number of nitrogens with zero attached hydrogens (tertiary/aromatic N) is 3. The zero-order valence-corrected chi connectivity index (χ0v) is 15.2. The van der Waals surface area contributed by atoms with Crippen LogP contribution >= 0.6 is 0 Å². The lowest BCUT2D eigenvalue weighted by Gasteiger charge is -2.41. The van der Waals surface area contributed by atoms with Crippen LogP contribution in [0.2, 0.25) is 0 Å². The lowest BCUT2D eigenvalue weighted by molar-refractivity contribution is -0.138. The summed E-state index contributed by atoms with van der Waals surface area (Å²) in [6.07, 6.45) is 6.44. The molecule has 2 fully saturated rings. The number of piperazine rings is 1. The Hall–Kier alpha value is -1.56. The SMILES string of the molecule is C=CCNC(=O)N1CCN(C(C(=O)N(C)CC)C2CCCC2)CC1. The van der Waals surface area contributed by atoms with E-state index in [0.717, 1.165) is 32.5 Å². The Balaban J connectivity index is 1.97. The third kappa shape index (κ3) is 4.50. The van der Waals surface area contributed by atoms with Crippen molar-refractivity contribution in [2.45, 2.75) is 38.6 Å². The Morgan fingerprint density at radius 3 is 2.42 bits per heavy atom. The van der Waals surface area contributed by atoms with Gasteiger partial charge in [0, 0.05) is 46.3 Å². The first kappa shape index (κ1) is 18.8. The minimum Gasteiger partial charge on any atom is -0.345 e. The van der Waals surface area contributed by atoms with E-state index >= 15 is 0 Å². The first-order valence-corrected chi connectivity index (χ1v) is 9.21. The van der Waals surface area contributed by atoms with Crippen molar-refractivity contribution in [3.05, 3.63) is 12.7 Å². The van der Waals surface area contributed by atoms with Gasteiger partial charge in [0.25, 0.3) is 0 Å². The van der Waals surface area contributed by atoms with Gasteiger partial charge in [-0.2, -0.15) is 0 Å². The van der Waals surface area contributed by atoms with Crippen LogP contribution in [0, 0.1) is 5.92 Å². The maximum absolute atomic E-state index is 12.9. The Kier molecular flexibility index (Phi) is 7.09. The lowest BCUT2D eigenvalue weighted by atomic mass is 9.94. The molecular weight excluding hydrogens is 304 g/mol. The summed E-state index contributed by atoms with van der Waals surface area (Å²) in [5.74, 6) is 0.710. The molecule has 6 nitrogen and oxygen atoms in total. The van der Waals surface area contributed by atoms with E-state index in [1.807, 2.05) is 23.8 Å². The molecule has 2 aliphatic rings. The number of hydrogen-bond acceptors (Lipinski definition) is 3. The number of carbonyl (C=O) groups is 2. The summed E-state index contributed by atoms with van der Waals surface area (Å²) in [6.45, 7) is 9.76. The molecule has 1 atom stereocenters. The highest BCUT2D eigenvalue weighted by Crippen LogP contribution is 2.31. The number of nitrogens with one attached hydrogen (secondary N) is 1. The summed E-state index contributed by atoms with van der Waals surface area (Å²) in [7, 11) is 1.89. The fourth-order valence-corrected chi connectivity index (χ4v) is 3.79. The fourth-order valence-electron chi connectivity index (χ4n) is 3.79. The Bertz CT molecular complexity index is 440. The molecule has 1 N–H and O–H groups in total. The van der Waals surface area contributed by atoms with Crippen LogP contribution < -0.4 is 5.32 Å². The maximum atomic E-state index is 12.9. The normalized spacial score (nSPS) is 20.7. The first-order valence-electron chi connectivity index (χ1n) is 9.21. The molecule has 0 spiro atoms. The summed E-state index contributed by atoms with van der Waals surface area (Å²) in [5.41, 5.74) is 0. The Morgan fingerprint density at radius 2 is 1.88 bits per heavy atom. The molecule has 1 heterocycles. The van der Waals surface area contributed by atoms with Gasteiger partial charge >= 0.3 is 6.03 Å². The zero-order chi connectivity index (χ0) is 17.5. The predicted molar refractivity (Wildman–Crippen MR) is 95.8 cm³/mol. The molecular formula is C18H32N4O2. The molecule has 0 aromatic heterocycles. The van der Waals surface area contributed by atoms with Gasteiger partial charge in [0.15, 0.2) is 0 Å². The Labute approximate surface area is 145 Å². The van der Waals surface area contributed by atoms with Gasteiger partial charge in [-0.05, 0) is 25.7 Å². The standard InChI is InChI=1S/C18H32N4O2/c1-4-10-19-18(24)22-13-11-21(12-14-22)16(15-8-6-7-9-15)17(23)20(3)5-2/h4,15-16H,1,5-14H2,2-3H3,(H,19,24). The molecule has 1 unspecified atom stereocenters. The van der Waals surface area contributed by atoms with Crippen LogP contribution in [0.15, 0.2) is 12.7 Å². The summed E-state index contributed by atoms with van der Waals surface area (Å²) >= 11 is 0. The molecule has 0 aromatic carbocycles. The van der Waals surface area contributed by atoms with Crippen molar-refractivity contribution in [3.8, 4) is 0 Å². The highest BCUT2D eigenvalue weighted by atomic mass is 16.2. The van der Waals surface area contributed by atoms with E-state index in [9.17, 15) is 9.59 Å². The molecule has 6 heteroatoms. The van der Waals surface area contributed by atoms with Crippen molar-refractivity contribution in [3.63, 3.8) is 0 Å². The largest absolute Gasteiger partial charge is 0.345 e. The van der Waals surface area contributed by atoms with Crippen LogP contribution in [0.25, 0.3) is 0 Å². The quantitative estimate of drug-likeness (QED) is 0.749. The second-order valence-corrected chi connectivity index (χ2v) is 6.84. The number of urea groups is 1. The number of amides is 3. The van der Waals surface area contributed by atoms with E-state index in [1.54, 1.807) is 6.08 Å². The van der Waals surface area contributed by atoms with Crippen LogP contribution in [0.1, 0.15) is 32.6 Å². The third-order valence-electron chi connectivity index (χ3n) is 5.34. The van der Waals surface area contributed by atoms with Crippen LogP contribution in [0.5, 0.6) is 0 Å². The molecule has 0 bridgehead atoms. The summed E-state index contributed by atoms with van der Waals surface area (Å²) in [5, 5.41) is 2.83. The van der Waals surface area contributed by atoms with Crippen molar-refractivity contribution in [1.82, 2.24) is 20.0 Å². The fraction of sp³-hybridized carbons (Fsp3) is 0.778. The smallest absolute Gasteiger partial charge is 0.317 e. The van der Waals surface area contributed by atoms with Gasteiger partial charge in [-0.1, -0.05) is 18.9 Å². The van der Waals surface area contributed by atoms with E-state index in [1.165, 1.54) is 12.8 Å². The second kappa shape index (κ2) is 9.06. The summed E-state index contributed by atoms with van der Waals surface area (Å²) in [6, 6.07) is -0.0557. The van der Waals surface area contributed by atoms with Gasteiger partial charge in [0.2, 0.25) is 5.91 Å². The van der Waals surface area contributed by atoms with Gasteiger partial charge in [0.05, 0.1) is 6.04 Å².